The summed E-state index contributed by atoms with van der Waals surface area (Å²) in [5, 5.41) is 0. The van der Waals surface area contributed by atoms with Crippen LogP contribution in [0.2, 0.25) is 0 Å². The van der Waals surface area contributed by atoms with E-state index in [1.54, 1.807) is 5.56 Å². The average Bonchev–Trinajstić information content (AvgIpc) is 2.31. The molecule has 1 fully saturated rings. The highest BCUT2D eigenvalue weighted by molar-refractivity contribution is 5.25. The van der Waals surface area contributed by atoms with Crippen LogP contribution >= 0.6 is 0 Å². The Morgan fingerprint density at radius 2 is 1.64 bits per heavy atom. The molecule has 0 spiro atoms. The predicted octanol–water partition coefficient (Wildman–Crippen LogP) is 4.30. The van der Waals surface area contributed by atoms with Gasteiger partial charge < -0.3 is 0 Å². The molecule has 0 aromatic heterocycles. The monoisotopic (exact) mass is 188 g/mol. The van der Waals surface area contributed by atoms with Gasteiger partial charge in [0.2, 0.25) is 0 Å². The second-order valence-electron chi connectivity index (χ2n) is 4.56. The SMILES string of the molecule is CCC1(c2ccccc2)CCCCC1. The molecule has 1 aromatic carbocycles. The minimum atomic E-state index is 0.513. The lowest BCUT2D eigenvalue weighted by Gasteiger charge is -2.37. The fourth-order valence-corrected chi connectivity index (χ4v) is 2.87. The van der Waals surface area contributed by atoms with Crippen LogP contribution in [0.25, 0.3) is 0 Å². The smallest absolute Gasteiger partial charge is 0.00496 e. The van der Waals surface area contributed by atoms with Crippen molar-refractivity contribution in [3.05, 3.63) is 35.9 Å². The van der Waals surface area contributed by atoms with Gasteiger partial charge in [0.15, 0.2) is 0 Å². The van der Waals surface area contributed by atoms with Crippen LogP contribution in [0.4, 0.5) is 0 Å². The van der Waals surface area contributed by atoms with Crippen molar-refractivity contribution in [2.45, 2.75) is 50.9 Å². The van der Waals surface area contributed by atoms with Crippen LogP contribution in [-0.4, -0.2) is 0 Å². The number of rotatable bonds is 2. The predicted molar refractivity (Wildman–Crippen MR) is 61.5 cm³/mol. The topological polar surface area (TPSA) is 0 Å². The van der Waals surface area contributed by atoms with E-state index in [4.69, 9.17) is 0 Å². The Morgan fingerprint density at radius 1 is 1.00 bits per heavy atom. The van der Waals surface area contributed by atoms with Gasteiger partial charge in [0, 0.05) is 0 Å². The van der Waals surface area contributed by atoms with Crippen molar-refractivity contribution in [3.63, 3.8) is 0 Å². The van der Waals surface area contributed by atoms with Crippen LogP contribution in [0.5, 0.6) is 0 Å². The molecule has 2 rings (SSSR count). The molecule has 1 aliphatic rings. The minimum absolute atomic E-state index is 0.513. The zero-order valence-corrected chi connectivity index (χ0v) is 9.13. The van der Waals surface area contributed by atoms with E-state index in [0.29, 0.717) is 5.41 Å². The maximum Gasteiger partial charge on any atom is -0.00496 e. The summed E-state index contributed by atoms with van der Waals surface area (Å²) in [5.74, 6) is 0. The highest BCUT2D eigenvalue weighted by Gasteiger charge is 2.31. The lowest BCUT2D eigenvalue weighted by Crippen LogP contribution is -2.27. The summed E-state index contributed by atoms with van der Waals surface area (Å²) in [6.07, 6.45) is 8.37. The summed E-state index contributed by atoms with van der Waals surface area (Å²) in [4.78, 5) is 0. The van der Waals surface area contributed by atoms with Gasteiger partial charge in [0.25, 0.3) is 0 Å². The van der Waals surface area contributed by atoms with Crippen molar-refractivity contribution in [1.82, 2.24) is 0 Å². The minimum Gasteiger partial charge on any atom is -0.0645 e. The van der Waals surface area contributed by atoms with Crippen LogP contribution in [0.3, 0.4) is 0 Å². The van der Waals surface area contributed by atoms with Crippen LogP contribution in [0, 0.1) is 0 Å². The summed E-state index contributed by atoms with van der Waals surface area (Å²) < 4.78 is 0. The van der Waals surface area contributed by atoms with E-state index in [-0.39, 0.29) is 0 Å². The van der Waals surface area contributed by atoms with E-state index in [0.717, 1.165) is 0 Å². The molecule has 1 aromatic rings. The molecule has 0 atom stereocenters. The molecule has 14 heavy (non-hydrogen) atoms. The van der Waals surface area contributed by atoms with Crippen LogP contribution in [0.1, 0.15) is 51.0 Å². The maximum absolute atomic E-state index is 2.35. The molecule has 0 aliphatic heterocycles. The highest BCUT2D eigenvalue weighted by atomic mass is 14.4. The molecule has 0 heteroatoms. The molecule has 0 saturated heterocycles. The van der Waals surface area contributed by atoms with Crippen molar-refractivity contribution >= 4 is 0 Å². The molecule has 0 radical (unpaired) electrons. The van der Waals surface area contributed by atoms with Gasteiger partial charge in [-0.05, 0) is 30.2 Å². The molecule has 0 amide bonds. The molecule has 0 unspecified atom stereocenters. The maximum atomic E-state index is 2.35. The van der Waals surface area contributed by atoms with Crippen LogP contribution < -0.4 is 0 Å². The van der Waals surface area contributed by atoms with Gasteiger partial charge in [-0.15, -0.1) is 0 Å². The van der Waals surface area contributed by atoms with Gasteiger partial charge in [-0.2, -0.15) is 0 Å². The Balaban J connectivity index is 2.27. The molecule has 1 saturated carbocycles. The van der Waals surface area contributed by atoms with Gasteiger partial charge in [0.1, 0.15) is 0 Å². The van der Waals surface area contributed by atoms with Crippen molar-refractivity contribution in [2.75, 3.05) is 0 Å². The zero-order valence-electron chi connectivity index (χ0n) is 9.13. The van der Waals surface area contributed by atoms with Crippen molar-refractivity contribution in [1.29, 1.82) is 0 Å². The quantitative estimate of drug-likeness (QED) is 0.649. The fourth-order valence-electron chi connectivity index (χ4n) is 2.87. The zero-order chi connectivity index (χ0) is 9.86. The first kappa shape index (κ1) is 9.76. The summed E-state index contributed by atoms with van der Waals surface area (Å²) in [6, 6.07) is 11.1. The van der Waals surface area contributed by atoms with Gasteiger partial charge in [-0.3, -0.25) is 0 Å². The Hall–Kier alpha value is -0.780. The molecule has 0 bridgehead atoms. The number of benzene rings is 1. The Morgan fingerprint density at radius 3 is 2.21 bits per heavy atom. The third kappa shape index (κ3) is 1.70. The van der Waals surface area contributed by atoms with E-state index in [1.807, 2.05) is 0 Å². The first-order chi connectivity index (χ1) is 6.87. The summed E-state index contributed by atoms with van der Waals surface area (Å²) >= 11 is 0. The lowest BCUT2D eigenvalue weighted by molar-refractivity contribution is 0.283. The summed E-state index contributed by atoms with van der Waals surface area (Å²) in [6.45, 7) is 2.35. The van der Waals surface area contributed by atoms with Gasteiger partial charge in [-0.25, -0.2) is 0 Å². The van der Waals surface area contributed by atoms with Crippen LogP contribution in [0.15, 0.2) is 30.3 Å². The van der Waals surface area contributed by atoms with Crippen molar-refractivity contribution in [2.24, 2.45) is 0 Å². The van der Waals surface area contributed by atoms with Crippen LogP contribution in [-0.2, 0) is 5.41 Å². The van der Waals surface area contributed by atoms with Gasteiger partial charge >= 0.3 is 0 Å². The van der Waals surface area contributed by atoms with E-state index in [2.05, 4.69) is 37.3 Å². The van der Waals surface area contributed by atoms with Gasteiger partial charge in [0.05, 0.1) is 0 Å². The van der Waals surface area contributed by atoms with E-state index >= 15 is 0 Å². The summed E-state index contributed by atoms with van der Waals surface area (Å²) in [7, 11) is 0. The van der Waals surface area contributed by atoms with Crippen molar-refractivity contribution < 1.29 is 0 Å². The molecule has 1 aliphatic carbocycles. The standard InChI is InChI=1S/C14H20/c1-2-14(11-7-4-8-12-14)13-9-5-3-6-10-13/h3,5-6,9-10H,2,4,7-8,11-12H2,1H3. The second kappa shape index (κ2) is 4.16. The molecule has 0 N–H and O–H groups in total. The Labute approximate surface area is 87.3 Å². The third-order valence-electron chi connectivity index (χ3n) is 3.87. The second-order valence-corrected chi connectivity index (χ2v) is 4.56. The first-order valence-corrected chi connectivity index (χ1v) is 5.93. The lowest BCUT2D eigenvalue weighted by atomic mass is 9.68. The molecule has 76 valence electrons. The first-order valence-electron chi connectivity index (χ1n) is 5.93. The Bertz CT molecular complexity index is 267. The molecule has 0 heterocycles. The number of hydrogen-bond acceptors (Lipinski definition) is 0. The molecular formula is C14H20. The third-order valence-corrected chi connectivity index (χ3v) is 3.87. The average molecular weight is 188 g/mol. The fraction of sp³-hybridized carbons (Fsp3) is 0.571. The van der Waals surface area contributed by atoms with Gasteiger partial charge in [-0.1, -0.05) is 56.5 Å². The Kier molecular flexibility index (Phi) is 2.90. The number of hydrogen-bond donors (Lipinski definition) is 0. The largest absolute Gasteiger partial charge is 0.0645 e. The molecule has 0 nitrogen and oxygen atoms in total. The summed E-state index contributed by atoms with van der Waals surface area (Å²) in [5.41, 5.74) is 2.08. The normalized spacial score (nSPS) is 20.6. The molecular weight excluding hydrogens is 168 g/mol. The highest BCUT2D eigenvalue weighted by Crippen LogP contribution is 2.41. The van der Waals surface area contributed by atoms with E-state index < -0.39 is 0 Å². The van der Waals surface area contributed by atoms with Crippen molar-refractivity contribution in [3.8, 4) is 0 Å². The van der Waals surface area contributed by atoms with E-state index in [1.165, 1.54) is 38.5 Å². The van der Waals surface area contributed by atoms with E-state index in [9.17, 15) is 0 Å².